The molecule has 0 radical (unpaired) electrons. The molecular formula is C20H20N4O. The minimum Gasteiger partial charge on any atom is -0.340 e. The Labute approximate surface area is 147 Å². The van der Waals surface area contributed by atoms with Gasteiger partial charge in [-0.25, -0.2) is 9.97 Å². The van der Waals surface area contributed by atoms with Gasteiger partial charge in [-0.3, -0.25) is 4.79 Å². The first-order valence-corrected chi connectivity index (χ1v) is 8.08. The van der Waals surface area contributed by atoms with E-state index in [0.29, 0.717) is 17.3 Å². The summed E-state index contributed by atoms with van der Waals surface area (Å²) < 4.78 is 0. The second-order valence-corrected chi connectivity index (χ2v) is 5.88. The predicted molar refractivity (Wildman–Crippen MR) is 100 cm³/mol. The molecule has 25 heavy (non-hydrogen) atoms. The van der Waals surface area contributed by atoms with Crippen LogP contribution in [0.4, 0.5) is 17.2 Å². The summed E-state index contributed by atoms with van der Waals surface area (Å²) in [5.41, 5.74) is 4.19. The number of nitrogens with one attached hydrogen (secondary N) is 2. The standard InChI is InChI=1S/C20H20N4O/c1-13-8-7-11-17(14(13)2)24-20(25)18-12-19(22-15(3)21-18)23-16-9-5-4-6-10-16/h4-12H,1-3H3,(H,24,25)(H,21,22,23). The van der Waals surface area contributed by atoms with Crippen LogP contribution in [0.1, 0.15) is 27.4 Å². The Hall–Kier alpha value is -3.21. The molecule has 2 N–H and O–H groups in total. The molecule has 3 rings (SSSR count). The van der Waals surface area contributed by atoms with Crippen molar-refractivity contribution in [3.63, 3.8) is 0 Å². The summed E-state index contributed by atoms with van der Waals surface area (Å²) in [7, 11) is 0. The van der Waals surface area contributed by atoms with Crippen molar-refractivity contribution < 1.29 is 4.79 Å². The number of carbonyl (C=O) groups is 1. The van der Waals surface area contributed by atoms with Crippen molar-refractivity contribution in [2.45, 2.75) is 20.8 Å². The highest BCUT2D eigenvalue weighted by atomic mass is 16.1. The zero-order valence-corrected chi connectivity index (χ0v) is 14.5. The lowest BCUT2D eigenvalue weighted by Crippen LogP contribution is -2.16. The monoisotopic (exact) mass is 332 g/mol. The molecular weight excluding hydrogens is 312 g/mol. The van der Waals surface area contributed by atoms with Crippen LogP contribution in [0.25, 0.3) is 0 Å². The molecule has 0 saturated carbocycles. The van der Waals surface area contributed by atoms with Gasteiger partial charge in [0.1, 0.15) is 17.3 Å². The fraction of sp³-hybridized carbons (Fsp3) is 0.150. The maximum absolute atomic E-state index is 12.6. The van der Waals surface area contributed by atoms with Crippen LogP contribution in [0.15, 0.2) is 54.6 Å². The van der Waals surface area contributed by atoms with Gasteiger partial charge in [0.25, 0.3) is 5.91 Å². The van der Waals surface area contributed by atoms with Crippen molar-refractivity contribution >= 4 is 23.1 Å². The van der Waals surface area contributed by atoms with Gasteiger partial charge in [-0.2, -0.15) is 0 Å². The molecule has 0 aliphatic carbocycles. The third-order valence-electron chi connectivity index (χ3n) is 3.97. The number of amides is 1. The van der Waals surface area contributed by atoms with Gasteiger partial charge in [-0.15, -0.1) is 0 Å². The van der Waals surface area contributed by atoms with E-state index in [1.165, 1.54) is 0 Å². The summed E-state index contributed by atoms with van der Waals surface area (Å²) in [6.45, 7) is 5.77. The summed E-state index contributed by atoms with van der Waals surface area (Å²) in [6, 6.07) is 17.2. The highest BCUT2D eigenvalue weighted by molar-refractivity contribution is 6.03. The molecule has 0 bridgehead atoms. The first-order chi connectivity index (χ1) is 12.0. The van der Waals surface area contributed by atoms with E-state index in [9.17, 15) is 4.79 Å². The third-order valence-corrected chi connectivity index (χ3v) is 3.97. The van der Waals surface area contributed by atoms with Crippen LogP contribution in [0.5, 0.6) is 0 Å². The molecule has 1 aromatic heterocycles. The molecule has 0 saturated heterocycles. The van der Waals surface area contributed by atoms with Gasteiger partial charge in [-0.05, 0) is 50.1 Å². The van der Waals surface area contributed by atoms with E-state index >= 15 is 0 Å². The van der Waals surface area contributed by atoms with Crippen molar-refractivity contribution in [1.29, 1.82) is 0 Å². The van der Waals surface area contributed by atoms with Crippen molar-refractivity contribution in [2.75, 3.05) is 10.6 Å². The van der Waals surface area contributed by atoms with E-state index in [1.54, 1.807) is 13.0 Å². The zero-order chi connectivity index (χ0) is 17.8. The van der Waals surface area contributed by atoms with E-state index in [1.807, 2.05) is 62.4 Å². The maximum Gasteiger partial charge on any atom is 0.274 e. The predicted octanol–water partition coefficient (Wildman–Crippen LogP) is 4.40. The van der Waals surface area contributed by atoms with Crippen LogP contribution in [0, 0.1) is 20.8 Å². The number of nitrogens with zero attached hydrogens (tertiary/aromatic N) is 2. The molecule has 0 aliphatic rings. The molecule has 0 spiro atoms. The fourth-order valence-electron chi connectivity index (χ4n) is 2.49. The van der Waals surface area contributed by atoms with E-state index in [2.05, 4.69) is 20.6 Å². The SMILES string of the molecule is Cc1nc(Nc2ccccc2)cc(C(=O)Nc2cccc(C)c2C)n1. The molecule has 126 valence electrons. The van der Waals surface area contributed by atoms with Gasteiger partial charge in [0.05, 0.1) is 0 Å². The molecule has 0 aliphatic heterocycles. The van der Waals surface area contributed by atoms with Gasteiger partial charge in [-0.1, -0.05) is 30.3 Å². The minimum absolute atomic E-state index is 0.254. The summed E-state index contributed by atoms with van der Waals surface area (Å²) in [5.74, 6) is 0.868. The molecule has 1 heterocycles. The number of para-hydroxylation sites is 1. The van der Waals surface area contributed by atoms with Crippen LogP contribution < -0.4 is 10.6 Å². The number of hydrogen-bond donors (Lipinski definition) is 2. The second-order valence-electron chi connectivity index (χ2n) is 5.88. The number of benzene rings is 2. The Kier molecular flexibility index (Phi) is 4.75. The van der Waals surface area contributed by atoms with Gasteiger partial charge < -0.3 is 10.6 Å². The quantitative estimate of drug-likeness (QED) is 0.743. The van der Waals surface area contributed by atoms with E-state index in [-0.39, 0.29) is 5.91 Å². The van der Waals surface area contributed by atoms with E-state index in [4.69, 9.17) is 0 Å². The fourth-order valence-corrected chi connectivity index (χ4v) is 2.49. The number of aromatic nitrogens is 2. The summed E-state index contributed by atoms with van der Waals surface area (Å²) >= 11 is 0. The number of hydrogen-bond acceptors (Lipinski definition) is 4. The zero-order valence-electron chi connectivity index (χ0n) is 14.5. The molecule has 1 amide bonds. The largest absolute Gasteiger partial charge is 0.340 e. The number of aryl methyl sites for hydroxylation is 2. The smallest absolute Gasteiger partial charge is 0.274 e. The topological polar surface area (TPSA) is 66.9 Å². The van der Waals surface area contributed by atoms with E-state index < -0.39 is 0 Å². The molecule has 0 unspecified atom stereocenters. The summed E-state index contributed by atoms with van der Waals surface area (Å²) in [6.07, 6.45) is 0. The van der Waals surface area contributed by atoms with Crippen molar-refractivity contribution in [1.82, 2.24) is 9.97 Å². The van der Waals surface area contributed by atoms with Crippen LogP contribution in [-0.2, 0) is 0 Å². The average molecular weight is 332 g/mol. The third kappa shape index (κ3) is 4.01. The van der Waals surface area contributed by atoms with Crippen molar-refractivity contribution in [3.8, 4) is 0 Å². The lowest BCUT2D eigenvalue weighted by molar-refractivity contribution is 0.102. The Morgan fingerprint density at radius 1 is 0.920 bits per heavy atom. The Bertz CT molecular complexity index is 907. The first-order valence-electron chi connectivity index (χ1n) is 8.08. The molecule has 3 aromatic rings. The van der Waals surface area contributed by atoms with Gasteiger partial charge in [0.2, 0.25) is 0 Å². The summed E-state index contributed by atoms with van der Waals surface area (Å²) in [4.78, 5) is 21.2. The Balaban J connectivity index is 1.84. The van der Waals surface area contributed by atoms with Gasteiger partial charge in [0, 0.05) is 17.4 Å². The highest BCUT2D eigenvalue weighted by Crippen LogP contribution is 2.20. The van der Waals surface area contributed by atoms with E-state index in [0.717, 1.165) is 22.5 Å². The van der Waals surface area contributed by atoms with Crippen molar-refractivity contribution in [2.24, 2.45) is 0 Å². The molecule has 2 aromatic carbocycles. The van der Waals surface area contributed by atoms with Crippen LogP contribution in [0.3, 0.4) is 0 Å². The lowest BCUT2D eigenvalue weighted by Gasteiger charge is -2.11. The van der Waals surface area contributed by atoms with Crippen LogP contribution >= 0.6 is 0 Å². The number of anilines is 3. The molecule has 5 heteroatoms. The minimum atomic E-state index is -0.254. The average Bonchev–Trinajstić information content (AvgIpc) is 2.59. The Morgan fingerprint density at radius 3 is 2.44 bits per heavy atom. The van der Waals surface area contributed by atoms with Crippen LogP contribution in [-0.4, -0.2) is 15.9 Å². The maximum atomic E-state index is 12.6. The second kappa shape index (κ2) is 7.13. The summed E-state index contributed by atoms with van der Waals surface area (Å²) in [5, 5.41) is 6.12. The molecule has 5 nitrogen and oxygen atoms in total. The normalized spacial score (nSPS) is 10.4. The Morgan fingerprint density at radius 2 is 1.68 bits per heavy atom. The number of carbonyl (C=O) groups excluding carboxylic acids is 1. The lowest BCUT2D eigenvalue weighted by atomic mass is 10.1. The van der Waals surface area contributed by atoms with Gasteiger partial charge in [0.15, 0.2) is 0 Å². The van der Waals surface area contributed by atoms with Crippen molar-refractivity contribution in [3.05, 3.63) is 77.2 Å². The first kappa shape index (κ1) is 16.6. The molecule has 0 fully saturated rings. The highest BCUT2D eigenvalue weighted by Gasteiger charge is 2.12. The molecule has 0 atom stereocenters. The van der Waals surface area contributed by atoms with Gasteiger partial charge >= 0.3 is 0 Å². The van der Waals surface area contributed by atoms with Crippen LogP contribution in [0.2, 0.25) is 0 Å². The number of rotatable bonds is 4.